The van der Waals surface area contributed by atoms with Gasteiger partial charge in [0.2, 0.25) is 11.8 Å². The van der Waals surface area contributed by atoms with Crippen LogP contribution in [0.4, 0.5) is 11.4 Å². The summed E-state index contributed by atoms with van der Waals surface area (Å²) in [5.41, 5.74) is 3.79. The molecule has 1 N–H and O–H groups in total. The zero-order valence-corrected chi connectivity index (χ0v) is 23.2. The van der Waals surface area contributed by atoms with Crippen molar-refractivity contribution in [1.29, 1.82) is 0 Å². The summed E-state index contributed by atoms with van der Waals surface area (Å²) in [5, 5.41) is 3.06. The predicted molar refractivity (Wildman–Crippen MR) is 148 cm³/mol. The van der Waals surface area contributed by atoms with Crippen LogP contribution in [0.5, 0.6) is 0 Å². The highest BCUT2D eigenvalue weighted by atomic mass is 16.2. The van der Waals surface area contributed by atoms with Gasteiger partial charge >= 0.3 is 0 Å². The normalized spacial score (nSPS) is 13.3. The quantitative estimate of drug-likeness (QED) is 0.413. The highest BCUT2D eigenvalue weighted by Gasteiger charge is 2.30. The maximum Gasteiger partial charge on any atom is 0.230 e. The first-order chi connectivity index (χ1) is 16.3. The van der Waals surface area contributed by atoms with Crippen LogP contribution < -0.4 is 10.2 Å². The maximum absolute atomic E-state index is 14.0. The second kappa shape index (κ2) is 12.2. The van der Waals surface area contributed by atoms with E-state index >= 15 is 0 Å². The first-order valence-corrected chi connectivity index (χ1v) is 12.8. The van der Waals surface area contributed by atoms with E-state index in [1.54, 1.807) is 0 Å². The summed E-state index contributed by atoms with van der Waals surface area (Å²) >= 11 is 0. The van der Waals surface area contributed by atoms with Crippen molar-refractivity contribution in [2.45, 2.75) is 79.8 Å². The number of hydrogen-bond donors (Lipinski definition) is 1. The Hall–Kier alpha value is -2.82. The molecule has 5 heteroatoms. The molecule has 0 aromatic heterocycles. The zero-order valence-electron chi connectivity index (χ0n) is 23.2. The number of hydrogen-bond acceptors (Lipinski definition) is 3. The van der Waals surface area contributed by atoms with Gasteiger partial charge in [-0.25, -0.2) is 0 Å². The number of nitrogens with one attached hydrogen (secondary N) is 1. The average Bonchev–Trinajstić information content (AvgIpc) is 2.76. The molecule has 0 aliphatic carbocycles. The van der Waals surface area contributed by atoms with Crippen molar-refractivity contribution in [2.75, 3.05) is 24.3 Å². The summed E-state index contributed by atoms with van der Waals surface area (Å²) in [6.07, 6.45) is 1.19. The van der Waals surface area contributed by atoms with Crippen LogP contribution in [0.1, 0.15) is 78.4 Å². The summed E-state index contributed by atoms with van der Waals surface area (Å²) < 4.78 is 0. The lowest BCUT2D eigenvalue weighted by molar-refractivity contribution is -0.136. The topological polar surface area (TPSA) is 52.7 Å². The van der Waals surface area contributed by atoms with Gasteiger partial charge in [0.1, 0.15) is 0 Å². The van der Waals surface area contributed by atoms with E-state index in [9.17, 15) is 9.59 Å². The number of anilines is 2. The van der Waals surface area contributed by atoms with Crippen molar-refractivity contribution >= 4 is 23.2 Å². The van der Waals surface area contributed by atoms with Gasteiger partial charge in [0.05, 0.1) is 5.92 Å². The van der Waals surface area contributed by atoms with Gasteiger partial charge in [-0.05, 0) is 54.0 Å². The van der Waals surface area contributed by atoms with E-state index in [0.29, 0.717) is 18.9 Å². The molecule has 0 aliphatic heterocycles. The van der Waals surface area contributed by atoms with Crippen molar-refractivity contribution in [3.63, 3.8) is 0 Å². The molecule has 5 nitrogen and oxygen atoms in total. The van der Waals surface area contributed by atoms with Gasteiger partial charge in [-0.1, -0.05) is 71.9 Å². The van der Waals surface area contributed by atoms with Gasteiger partial charge in [0.15, 0.2) is 0 Å². The zero-order chi connectivity index (χ0) is 26.3. The van der Waals surface area contributed by atoms with Crippen LogP contribution in [0, 0.1) is 11.3 Å². The molecular weight excluding hydrogens is 434 g/mol. The molecule has 0 saturated carbocycles. The Morgan fingerprint density at radius 1 is 0.971 bits per heavy atom. The van der Waals surface area contributed by atoms with Gasteiger partial charge in [-0.15, -0.1) is 0 Å². The second-order valence-corrected chi connectivity index (χ2v) is 11.3. The molecule has 2 atom stereocenters. The standard InChI is InChI=1S/C30H45N3O2/c1-10-26(23-14-12-11-13-15-23)29(35)33(22(4)21(2)3)20-24-18-25(16-17-27(24)32(8)9)31-28(34)19-30(5,6)7/h11-18,21-22,26H,10,19-20H2,1-9H3,(H,31,34)/t22-,26-/m1/s1. The molecule has 192 valence electrons. The van der Waals surface area contributed by atoms with Crippen LogP contribution in [-0.4, -0.2) is 36.9 Å². The van der Waals surface area contributed by atoms with Crippen molar-refractivity contribution in [1.82, 2.24) is 4.90 Å². The van der Waals surface area contributed by atoms with Crippen molar-refractivity contribution in [3.05, 3.63) is 59.7 Å². The van der Waals surface area contributed by atoms with Gasteiger partial charge in [0, 0.05) is 44.5 Å². The van der Waals surface area contributed by atoms with E-state index in [0.717, 1.165) is 28.9 Å². The van der Waals surface area contributed by atoms with Crippen molar-refractivity contribution in [3.8, 4) is 0 Å². The third-order valence-electron chi connectivity index (χ3n) is 6.52. The molecule has 0 spiro atoms. The monoisotopic (exact) mass is 479 g/mol. The SMILES string of the molecule is CC[C@@H](C(=O)N(Cc1cc(NC(=O)CC(C)(C)C)ccc1N(C)C)[C@H](C)C(C)C)c1ccccc1. The van der Waals surface area contributed by atoms with E-state index in [1.807, 2.05) is 67.5 Å². The lowest BCUT2D eigenvalue weighted by Crippen LogP contribution is -2.43. The minimum atomic E-state index is -0.185. The molecule has 0 fully saturated rings. The Morgan fingerprint density at radius 2 is 1.60 bits per heavy atom. The smallest absolute Gasteiger partial charge is 0.230 e. The number of carbonyl (C=O) groups is 2. The third-order valence-corrected chi connectivity index (χ3v) is 6.52. The van der Waals surface area contributed by atoms with Gasteiger partial charge in [0.25, 0.3) is 0 Å². The molecule has 2 rings (SSSR count). The fourth-order valence-corrected chi connectivity index (χ4v) is 4.32. The first-order valence-electron chi connectivity index (χ1n) is 12.8. The summed E-state index contributed by atoms with van der Waals surface area (Å²) in [5.74, 6) is 0.269. The largest absolute Gasteiger partial charge is 0.377 e. The summed E-state index contributed by atoms with van der Waals surface area (Å²) in [6, 6.07) is 16.1. The maximum atomic E-state index is 14.0. The van der Waals surface area contributed by atoms with Crippen molar-refractivity contribution in [2.24, 2.45) is 11.3 Å². The molecule has 0 bridgehead atoms. The fraction of sp³-hybridized carbons (Fsp3) is 0.533. The van der Waals surface area contributed by atoms with Gasteiger partial charge in [-0.3, -0.25) is 9.59 Å². The average molecular weight is 480 g/mol. The number of benzene rings is 2. The Balaban J connectivity index is 2.43. The van der Waals surface area contributed by atoms with E-state index in [1.165, 1.54) is 0 Å². The molecule has 0 aliphatic rings. The molecule has 35 heavy (non-hydrogen) atoms. The highest BCUT2D eigenvalue weighted by Crippen LogP contribution is 2.30. The Bertz CT molecular complexity index is 977. The van der Waals surface area contributed by atoms with Crippen LogP contribution >= 0.6 is 0 Å². The number of carbonyl (C=O) groups excluding carboxylic acids is 2. The van der Waals surface area contributed by atoms with Crippen LogP contribution in [0.2, 0.25) is 0 Å². The molecule has 2 aromatic rings. The predicted octanol–water partition coefficient (Wildman–Crippen LogP) is 6.69. The van der Waals surface area contributed by atoms with E-state index < -0.39 is 0 Å². The molecule has 2 amide bonds. The summed E-state index contributed by atoms with van der Waals surface area (Å²) in [6.45, 7) is 15.2. The Kier molecular flexibility index (Phi) is 9.93. The molecule has 0 unspecified atom stereocenters. The number of nitrogens with zero attached hydrogens (tertiary/aromatic N) is 2. The second-order valence-electron chi connectivity index (χ2n) is 11.3. The van der Waals surface area contributed by atoms with E-state index in [4.69, 9.17) is 0 Å². The lowest BCUT2D eigenvalue weighted by Gasteiger charge is -2.36. The molecule has 2 aromatic carbocycles. The third kappa shape index (κ3) is 8.12. The van der Waals surface area contributed by atoms with E-state index in [-0.39, 0.29) is 29.2 Å². The van der Waals surface area contributed by atoms with Crippen LogP contribution in [0.25, 0.3) is 0 Å². The highest BCUT2D eigenvalue weighted by molar-refractivity contribution is 5.91. The minimum Gasteiger partial charge on any atom is -0.377 e. The van der Waals surface area contributed by atoms with Crippen LogP contribution in [0.15, 0.2) is 48.5 Å². The molecule has 0 saturated heterocycles. The van der Waals surface area contributed by atoms with Crippen LogP contribution in [-0.2, 0) is 16.1 Å². The summed E-state index contributed by atoms with van der Waals surface area (Å²) in [4.78, 5) is 30.6. The van der Waals surface area contributed by atoms with Gasteiger partial charge in [-0.2, -0.15) is 0 Å². The van der Waals surface area contributed by atoms with E-state index in [2.05, 4.69) is 58.7 Å². The number of rotatable bonds is 10. The number of amides is 2. The molecule has 0 radical (unpaired) electrons. The molecular formula is C30H45N3O2. The van der Waals surface area contributed by atoms with Crippen LogP contribution in [0.3, 0.4) is 0 Å². The fourth-order valence-electron chi connectivity index (χ4n) is 4.32. The Labute approximate surface area is 212 Å². The minimum absolute atomic E-state index is 0.000316. The first kappa shape index (κ1) is 28.4. The lowest BCUT2D eigenvalue weighted by atomic mass is 9.92. The van der Waals surface area contributed by atoms with Gasteiger partial charge < -0.3 is 15.1 Å². The molecule has 0 heterocycles. The Morgan fingerprint density at radius 3 is 2.11 bits per heavy atom. The summed E-state index contributed by atoms with van der Waals surface area (Å²) in [7, 11) is 4.01. The van der Waals surface area contributed by atoms with Crippen molar-refractivity contribution < 1.29 is 9.59 Å².